The molecule has 0 fully saturated rings. The van der Waals surface area contributed by atoms with Gasteiger partial charge in [0.1, 0.15) is 16.4 Å². The summed E-state index contributed by atoms with van der Waals surface area (Å²) >= 11 is 1.44. The molecule has 0 saturated carbocycles. The molecule has 6 nitrogen and oxygen atoms in total. The van der Waals surface area contributed by atoms with Crippen LogP contribution in [0.2, 0.25) is 0 Å². The van der Waals surface area contributed by atoms with Crippen molar-refractivity contribution < 1.29 is 13.9 Å². The van der Waals surface area contributed by atoms with E-state index >= 15 is 0 Å². The summed E-state index contributed by atoms with van der Waals surface area (Å²) in [6.45, 7) is 1.06. The van der Waals surface area contributed by atoms with Crippen LogP contribution < -0.4 is 10.3 Å². The van der Waals surface area contributed by atoms with E-state index in [1.807, 2.05) is 0 Å². The van der Waals surface area contributed by atoms with Gasteiger partial charge < -0.3 is 9.64 Å². The number of hydrogen-bond acceptors (Lipinski definition) is 5. The van der Waals surface area contributed by atoms with E-state index in [1.54, 1.807) is 54.5 Å². The first-order valence-electron chi connectivity index (χ1n) is 10.2. The van der Waals surface area contributed by atoms with Crippen molar-refractivity contribution in [2.45, 2.75) is 19.5 Å². The van der Waals surface area contributed by atoms with Crippen LogP contribution in [-0.4, -0.2) is 34.0 Å². The topological polar surface area (TPSA) is 64.4 Å². The van der Waals surface area contributed by atoms with Crippen molar-refractivity contribution >= 4 is 27.5 Å². The maximum atomic E-state index is 14.1. The fourth-order valence-electron chi connectivity index (χ4n) is 4.05. The molecule has 162 valence electrons. The number of amides is 1. The molecule has 3 heterocycles. The quantitative estimate of drug-likeness (QED) is 0.475. The van der Waals surface area contributed by atoms with E-state index in [9.17, 15) is 14.0 Å². The van der Waals surface area contributed by atoms with E-state index < -0.39 is 0 Å². The van der Waals surface area contributed by atoms with Crippen molar-refractivity contribution in [3.8, 4) is 5.75 Å². The number of rotatable bonds is 4. The maximum absolute atomic E-state index is 14.1. The van der Waals surface area contributed by atoms with Crippen LogP contribution in [0.5, 0.6) is 5.75 Å². The lowest BCUT2D eigenvalue weighted by molar-refractivity contribution is 0.0737. The molecule has 2 aromatic heterocycles. The summed E-state index contributed by atoms with van der Waals surface area (Å²) in [5, 5.41) is 0.581. The highest BCUT2D eigenvalue weighted by atomic mass is 32.1. The Balaban J connectivity index is 1.45. The summed E-state index contributed by atoms with van der Waals surface area (Å²) in [4.78, 5) is 34.1. The van der Waals surface area contributed by atoms with Crippen LogP contribution in [0.1, 0.15) is 26.4 Å². The molecule has 0 N–H and O–H groups in total. The monoisotopic (exact) mass is 449 g/mol. The van der Waals surface area contributed by atoms with E-state index in [0.717, 1.165) is 10.4 Å². The number of methoxy groups -OCH3 is 1. The van der Waals surface area contributed by atoms with Crippen LogP contribution in [0.3, 0.4) is 0 Å². The number of ether oxygens (including phenoxy) is 1. The zero-order valence-electron chi connectivity index (χ0n) is 17.4. The molecule has 2 aromatic carbocycles. The van der Waals surface area contributed by atoms with Crippen molar-refractivity contribution in [1.29, 1.82) is 0 Å². The van der Waals surface area contributed by atoms with Crippen LogP contribution >= 0.6 is 11.3 Å². The van der Waals surface area contributed by atoms with Crippen LogP contribution in [0, 0.1) is 5.82 Å². The minimum Gasteiger partial charge on any atom is -0.497 e. The molecular formula is C24H20FN3O3S. The van der Waals surface area contributed by atoms with Gasteiger partial charge in [-0.05, 0) is 36.2 Å². The van der Waals surface area contributed by atoms with E-state index in [-0.39, 0.29) is 23.8 Å². The lowest BCUT2D eigenvalue weighted by atomic mass is 10.0. The lowest BCUT2D eigenvalue weighted by Gasteiger charge is -2.27. The largest absolute Gasteiger partial charge is 0.497 e. The number of thiophene rings is 1. The first-order chi connectivity index (χ1) is 15.5. The highest BCUT2D eigenvalue weighted by Crippen LogP contribution is 2.33. The minimum atomic E-state index is -0.349. The fourth-order valence-corrected chi connectivity index (χ4v) is 5.25. The van der Waals surface area contributed by atoms with E-state index in [4.69, 9.17) is 4.74 Å². The highest BCUT2D eigenvalue weighted by molar-refractivity contribution is 7.18. The maximum Gasteiger partial charge on any atom is 0.262 e. The molecule has 0 saturated heterocycles. The van der Waals surface area contributed by atoms with Gasteiger partial charge in [-0.2, -0.15) is 0 Å². The van der Waals surface area contributed by atoms with Crippen LogP contribution in [0.15, 0.2) is 59.7 Å². The van der Waals surface area contributed by atoms with Gasteiger partial charge in [0.25, 0.3) is 11.5 Å². The predicted octanol–water partition coefficient (Wildman–Crippen LogP) is 3.85. The molecule has 0 atom stereocenters. The van der Waals surface area contributed by atoms with Gasteiger partial charge in [0.05, 0.1) is 31.9 Å². The molecule has 1 amide bonds. The second-order valence-electron chi connectivity index (χ2n) is 7.66. The molecule has 32 heavy (non-hydrogen) atoms. The second-order valence-corrected chi connectivity index (χ2v) is 8.75. The van der Waals surface area contributed by atoms with Gasteiger partial charge in [0, 0.05) is 22.5 Å². The first-order valence-corrected chi connectivity index (χ1v) is 11.0. The van der Waals surface area contributed by atoms with Gasteiger partial charge in [0.2, 0.25) is 0 Å². The van der Waals surface area contributed by atoms with Gasteiger partial charge >= 0.3 is 0 Å². The van der Waals surface area contributed by atoms with Crippen LogP contribution in [0.25, 0.3) is 10.2 Å². The summed E-state index contributed by atoms with van der Waals surface area (Å²) in [5.41, 5.74) is 1.78. The second kappa shape index (κ2) is 8.20. The molecule has 0 unspecified atom stereocenters. The Bertz CT molecular complexity index is 1400. The molecule has 0 bridgehead atoms. The van der Waals surface area contributed by atoms with Gasteiger partial charge in [-0.25, -0.2) is 9.37 Å². The summed E-state index contributed by atoms with van der Waals surface area (Å²) in [6.07, 6.45) is 2.05. The number of halogens is 1. The van der Waals surface area contributed by atoms with Gasteiger partial charge in [0.15, 0.2) is 0 Å². The van der Waals surface area contributed by atoms with E-state index in [2.05, 4.69) is 4.98 Å². The zero-order valence-corrected chi connectivity index (χ0v) is 18.2. The summed E-state index contributed by atoms with van der Waals surface area (Å²) in [7, 11) is 1.57. The Hall–Kier alpha value is -3.52. The standard InChI is InChI=1S/C24H20FN3O3S/c1-31-17-7-4-6-15(11-17)23(29)27-10-9-18-20(13-27)32-22-21(18)24(30)28(14-26-22)12-16-5-2-3-8-19(16)25/h2-8,11,14H,9-10,12-13H2,1H3. The van der Waals surface area contributed by atoms with Gasteiger partial charge in [-0.3, -0.25) is 14.2 Å². The van der Waals surface area contributed by atoms with E-state index in [0.29, 0.717) is 46.6 Å². The average molecular weight is 450 g/mol. The van der Waals surface area contributed by atoms with Crippen LogP contribution in [0.4, 0.5) is 4.39 Å². The third kappa shape index (κ3) is 3.56. The van der Waals surface area contributed by atoms with E-state index in [1.165, 1.54) is 28.3 Å². The minimum absolute atomic E-state index is 0.0723. The number of carbonyl (C=O) groups excluding carboxylic acids is 1. The normalized spacial score (nSPS) is 13.2. The van der Waals surface area contributed by atoms with Crippen molar-refractivity contribution in [3.05, 3.63) is 92.6 Å². The number of benzene rings is 2. The molecule has 4 aromatic rings. The summed E-state index contributed by atoms with van der Waals surface area (Å²) in [6, 6.07) is 13.5. The number of aromatic nitrogens is 2. The Morgan fingerprint density at radius 1 is 1.22 bits per heavy atom. The van der Waals surface area contributed by atoms with Crippen molar-refractivity contribution in [2.75, 3.05) is 13.7 Å². The Labute approximate surface area is 187 Å². The average Bonchev–Trinajstić information content (AvgIpc) is 3.20. The van der Waals surface area contributed by atoms with Gasteiger partial charge in [-0.1, -0.05) is 24.3 Å². The molecule has 8 heteroatoms. The molecule has 0 aliphatic carbocycles. The van der Waals surface area contributed by atoms with Crippen molar-refractivity contribution in [3.63, 3.8) is 0 Å². The molecular weight excluding hydrogens is 429 g/mol. The molecule has 1 aliphatic heterocycles. The summed E-state index contributed by atoms with van der Waals surface area (Å²) in [5.74, 6) is 0.213. The smallest absolute Gasteiger partial charge is 0.262 e. The van der Waals surface area contributed by atoms with Gasteiger partial charge in [-0.15, -0.1) is 11.3 Å². The first kappa shape index (κ1) is 20.4. The Morgan fingerprint density at radius 3 is 2.88 bits per heavy atom. The molecule has 0 radical (unpaired) electrons. The SMILES string of the molecule is COc1cccc(C(=O)N2CCc3c(sc4ncn(Cc5ccccc5F)c(=O)c34)C2)c1. The fraction of sp³-hybridized carbons (Fsp3) is 0.208. The number of carbonyl (C=O) groups is 1. The Morgan fingerprint density at radius 2 is 2.06 bits per heavy atom. The Kier molecular flexibility index (Phi) is 5.22. The van der Waals surface area contributed by atoms with Crippen molar-refractivity contribution in [1.82, 2.24) is 14.5 Å². The number of hydrogen-bond donors (Lipinski definition) is 0. The third-order valence-corrected chi connectivity index (χ3v) is 6.85. The highest BCUT2D eigenvalue weighted by Gasteiger charge is 2.27. The number of nitrogens with zero attached hydrogens (tertiary/aromatic N) is 3. The van der Waals surface area contributed by atoms with Crippen molar-refractivity contribution in [2.24, 2.45) is 0 Å². The number of fused-ring (bicyclic) bond motifs is 3. The molecule has 5 rings (SSSR count). The third-order valence-electron chi connectivity index (χ3n) is 5.73. The predicted molar refractivity (Wildman–Crippen MR) is 121 cm³/mol. The van der Waals surface area contributed by atoms with Crippen LogP contribution in [-0.2, 0) is 19.5 Å². The lowest BCUT2D eigenvalue weighted by Crippen LogP contribution is -2.35. The molecule has 1 aliphatic rings. The summed E-state index contributed by atoms with van der Waals surface area (Å²) < 4.78 is 20.7. The zero-order chi connectivity index (χ0) is 22.2. The molecule has 0 spiro atoms.